The van der Waals surface area contributed by atoms with Crippen molar-refractivity contribution in [3.05, 3.63) is 0 Å². The third-order valence-electron chi connectivity index (χ3n) is 13.6. The maximum absolute atomic E-state index is 12.9. The average molecular weight is 972 g/mol. The lowest BCUT2D eigenvalue weighted by Crippen LogP contribution is -2.31. The first-order valence-electron chi connectivity index (χ1n) is 28.4. The van der Waals surface area contributed by atoms with Gasteiger partial charge in [-0.3, -0.25) is 19.3 Å². The number of hydrogen-bond acceptors (Lipinski definition) is 9. The summed E-state index contributed by atoms with van der Waals surface area (Å²) in [7, 11) is 0.956. The highest BCUT2D eigenvalue weighted by Gasteiger charge is 2.28. The normalized spacial score (nSPS) is 12.5. The SMILES string of the molecule is CCCCCCCCC(CCCCCCCC)OC(=O)CCCCCCCN(CCCCCC(=O)OCCCCCCCCC(C)C)CCOC(=O)CCCN(C)CCOS(C)(C)C(C)(C)C. The van der Waals surface area contributed by atoms with Crippen LogP contribution in [-0.4, -0.2) is 111 Å². The zero-order valence-electron chi connectivity index (χ0n) is 46.3. The molecule has 0 spiro atoms. The standard InChI is InChI=1S/C57H114N2O7S/c1-11-13-15-17-23-30-39-53(40-31-24-18-16-14-12-2)66-56(62)42-32-25-21-26-34-45-59(46-35-28-33-41-54(60)63-49-36-27-20-19-22-29-38-52(3)4)48-50-64-55(61)43-37-44-58(8)47-51-65-67(9,10)57(5,6)7/h52-53H,11-51H2,1-10H3. The van der Waals surface area contributed by atoms with Crippen LogP contribution in [0.5, 0.6) is 0 Å². The Bertz CT molecular complexity index is 1130. The van der Waals surface area contributed by atoms with Crippen molar-refractivity contribution < 1.29 is 32.8 Å². The molecule has 0 aromatic rings. The Hall–Kier alpha value is -1.36. The second kappa shape index (κ2) is 44.6. The largest absolute Gasteiger partial charge is 0.466 e. The van der Waals surface area contributed by atoms with Crippen LogP contribution in [0.2, 0.25) is 0 Å². The lowest BCUT2D eigenvalue weighted by molar-refractivity contribution is -0.150. The van der Waals surface area contributed by atoms with E-state index in [1.165, 1.54) is 96.3 Å². The Morgan fingerprint density at radius 2 is 0.896 bits per heavy atom. The summed E-state index contributed by atoms with van der Waals surface area (Å²) in [5.41, 5.74) is 0. The van der Waals surface area contributed by atoms with Crippen molar-refractivity contribution in [2.75, 3.05) is 72.1 Å². The molecule has 0 saturated heterocycles. The zero-order valence-corrected chi connectivity index (χ0v) is 47.1. The van der Waals surface area contributed by atoms with E-state index >= 15 is 0 Å². The van der Waals surface area contributed by atoms with E-state index in [0.29, 0.717) is 39.1 Å². The van der Waals surface area contributed by atoms with Crippen LogP contribution in [0, 0.1) is 5.92 Å². The van der Waals surface area contributed by atoms with Crippen LogP contribution in [0.15, 0.2) is 0 Å². The molecule has 400 valence electrons. The van der Waals surface area contributed by atoms with Gasteiger partial charge in [-0.2, -0.15) is 0 Å². The second-order valence-electron chi connectivity index (χ2n) is 21.7. The van der Waals surface area contributed by atoms with Gasteiger partial charge < -0.3 is 23.3 Å². The predicted octanol–water partition coefficient (Wildman–Crippen LogP) is 15.6. The Kier molecular flexibility index (Phi) is 43.7. The fraction of sp³-hybridized carbons (Fsp3) is 0.947. The highest BCUT2D eigenvalue weighted by atomic mass is 32.3. The third-order valence-corrected chi connectivity index (χ3v) is 17.3. The number of esters is 3. The number of carbonyl (C=O) groups excluding carboxylic acids is 3. The molecule has 0 bridgehead atoms. The first kappa shape index (κ1) is 65.6. The molecule has 0 N–H and O–H groups in total. The Balaban J connectivity index is 4.73. The lowest BCUT2D eigenvalue weighted by atomic mass is 10.0. The van der Waals surface area contributed by atoms with Crippen LogP contribution < -0.4 is 0 Å². The molecule has 0 amide bonds. The number of likely N-dealkylation sites (N-methyl/N-ethyl adjacent to an activating group) is 1. The van der Waals surface area contributed by atoms with Crippen LogP contribution >= 0.6 is 10.3 Å². The molecule has 0 fully saturated rings. The van der Waals surface area contributed by atoms with Crippen molar-refractivity contribution in [1.29, 1.82) is 0 Å². The van der Waals surface area contributed by atoms with E-state index in [0.717, 1.165) is 135 Å². The first-order valence-corrected chi connectivity index (χ1v) is 30.8. The Morgan fingerprint density at radius 1 is 0.463 bits per heavy atom. The summed E-state index contributed by atoms with van der Waals surface area (Å²) in [6.07, 6.45) is 40.6. The van der Waals surface area contributed by atoms with Crippen molar-refractivity contribution in [1.82, 2.24) is 9.80 Å². The van der Waals surface area contributed by atoms with Gasteiger partial charge in [-0.15, -0.1) is 10.3 Å². The molecule has 0 heterocycles. The van der Waals surface area contributed by atoms with Crippen LogP contribution in [-0.2, 0) is 32.8 Å². The van der Waals surface area contributed by atoms with Gasteiger partial charge in [-0.1, -0.05) is 177 Å². The fourth-order valence-corrected chi connectivity index (χ4v) is 9.07. The van der Waals surface area contributed by atoms with E-state index in [9.17, 15) is 14.4 Å². The molecule has 67 heavy (non-hydrogen) atoms. The lowest BCUT2D eigenvalue weighted by Gasteiger charge is -2.44. The highest BCUT2D eigenvalue weighted by Crippen LogP contribution is 2.53. The molecular weight excluding hydrogens is 857 g/mol. The minimum Gasteiger partial charge on any atom is -0.466 e. The molecule has 0 radical (unpaired) electrons. The van der Waals surface area contributed by atoms with E-state index in [2.05, 4.69) is 77.8 Å². The molecule has 0 saturated carbocycles. The van der Waals surface area contributed by atoms with Gasteiger partial charge in [0.25, 0.3) is 0 Å². The van der Waals surface area contributed by atoms with Crippen LogP contribution in [0.25, 0.3) is 0 Å². The number of carbonyl (C=O) groups is 3. The van der Waals surface area contributed by atoms with Crippen molar-refractivity contribution in [3.63, 3.8) is 0 Å². The number of ether oxygens (including phenoxy) is 3. The molecule has 0 aromatic carbocycles. The number of rotatable bonds is 49. The minimum atomic E-state index is -1.13. The summed E-state index contributed by atoms with van der Waals surface area (Å²) in [6, 6.07) is 0. The van der Waals surface area contributed by atoms with Gasteiger partial charge in [0, 0.05) is 37.1 Å². The summed E-state index contributed by atoms with van der Waals surface area (Å²) < 4.78 is 23.8. The zero-order chi connectivity index (χ0) is 49.9. The van der Waals surface area contributed by atoms with Gasteiger partial charge in [0.05, 0.1) is 13.2 Å². The average Bonchev–Trinajstić information content (AvgIpc) is 3.26. The number of nitrogens with zero attached hydrogens (tertiary/aromatic N) is 2. The van der Waals surface area contributed by atoms with E-state index in [4.69, 9.17) is 18.4 Å². The maximum Gasteiger partial charge on any atom is 0.306 e. The quantitative estimate of drug-likeness (QED) is 0.0336. The summed E-state index contributed by atoms with van der Waals surface area (Å²) >= 11 is 0. The fourth-order valence-electron chi connectivity index (χ4n) is 8.23. The second-order valence-corrected chi connectivity index (χ2v) is 25.6. The van der Waals surface area contributed by atoms with Crippen molar-refractivity contribution in [3.8, 4) is 0 Å². The van der Waals surface area contributed by atoms with E-state index in [1.54, 1.807) is 0 Å². The van der Waals surface area contributed by atoms with Gasteiger partial charge >= 0.3 is 17.9 Å². The number of unbranched alkanes of at least 4 members (excludes halogenated alkanes) is 21. The minimum absolute atomic E-state index is 0.00706. The van der Waals surface area contributed by atoms with Gasteiger partial charge in [0.1, 0.15) is 12.7 Å². The van der Waals surface area contributed by atoms with E-state index in [-0.39, 0.29) is 28.8 Å². The molecule has 0 aliphatic rings. The topological polar surface area (TPSA) is 94.6 Å². The van der Waals surface area contributed by atoms with Crippen molar-refractivity contribution in [2.45, 2.75) is 271 Å². The molecule has 9 nitrogen and oxygen atoms in total. The molecule has 10 heteroatoms. The molecule has 0 aliphatic heterocycles. The van der Waals surface area contributed by atoms with Crippen LogP contribution in [0.1, 0.15) is 260 Å². The Morgan fingerprint density at radius 3 is 1.43 bits per heavy atom. The first-order chi connectivity index (χ1) is 32.1. The van der Waals surface area contributed by atoms with Crippen molar-refractivity contribution in [2.24, 2.45) is 5.92 Å². The molecule has 0 unspecified atom stereocenters. The molecular formula is C57H114N2O7S. The van der Waals surface area contributed by atoms with E-state index in [1.807, 2.05) is 0 Å². The van der Waals surface area contributed by atoms with Gasteiger partial charge in [-0.25, -0.2) is 0 Å². The Labute approximate surface area is 418 Å². The smallest absolute Gasteiger partial charge is 0.306 e. The monoisotopic (exact) mass is 971 g/mol. The van der Waals surface area contributed by atoms with Gasteiger partial charge in [-0.05, 0) is 109 Å². The molecule has 0 rings (SSSR count). The maximum atomic E-state index is 12.9. The van der Waals surface area contributed by atoms with Gasteiger partial charge in [0.15, 0.2) is 0 Å². The summed E-state index contributed by atoms with van der Waals surface area (Å²) in [5, 5.41) is 0. The molecule has 0 aromatic heterocycles. The number of hydrogen-bond donors (Lipinski definition) is 0. The molecule has 0 aliphatic carbocycles. The highest BCUT2D eigenvalue weighted by molar-refractivity contribution is 8.29. The van der Waals surface area contributed by atoms with Crippen LogP contribution in [0.4, 0.5) is 0 Å². The summed E-state index contributed by atoms with van der Waals surface area (Å²) in [6.45, 7) is 21.8. The summed E-state index contributed by atoms with van der Waals surface area (Å²) in [4.78, 5) is 42.7. The van der Waals surface area contributed by atoms with Crippen molar-refractivity contribution >= 4 is 28.2 Å². The van der Waals surface area contributed by atoms with Gasteiger partial charge in [0.2, 0.25) is 0 Å². The summed E-state index contributed by atoms with van der Waals surface area (Å²) in [5.74, 6) is 0.590. The predicted molar refractivity (Wildman–Crippen MR) is 289 cm³/mol. The van der Waals surface area contributed by atoms with Crippen LogP contribution in [0.3, 0.4) is 0 Å². The molecule has 0 atom stereocenters. The van der Waals surface area contributed by atoms with E-state index < -0.39 is 10.3 Å². The third kappa shape index (κ3) is 43.2.